The van der Waals surface area contributed by atoms with Crippen molar-refractivity contribution in [2.45, 2.75) is 20.0 Å². The van der Waals surface area contributed by atoms with Gasteiger partial charge >= 0.3 is 0 Å². The van der Waals surface area contributed by atoms with Crippen molar-refractivity contribution in [2.75, 3.05) is 29.9 Å². The number of H-pyrrole nitrogens is 1. The first-order chi connectivity index (χ1) is 18.0. The lowest BCUT2D eigenvalue weighted by molar-refractivity contribution is 0.0529. The third kappa shape index (κ3) is 4.78. The SMILES string of the molecule is Cc1ccc(Nc2ccc(Cl)c(-c3ncc(-c4ccccc4)[nH]3)c2)c2ccc(N3CCOC(C)C3)nc12. The summed E-state index contributed by atoms with van der Waals surface area (Å²) in [7, 11) is 0. The first-order valence-electron chi connectivity index (χ1n) is 12.5. The first-order valence-corrected chi connectivity index (χ1v) is 12.9. The van der Waals surface area contributed by atoms with Gasteiger partial charge in [-0.05, 0) is 61.4 Å². The van der Waals surface area contributed by atoms with Crippen LogP contribution in [0.2, 0.25) is 5.02 Å². The van der Waals surface area contributed by atoms with E-state index in [1.54, 1.807) is 0 Å². The van der Waals surface area contributed by atoms with Crippen LogP contribution < -0.4 is 10.2 Å². The van der Waals surface area contributed by atoms with Gasteiger partial charge < -0.3 is 19.9 Å². The van der Waals surface area contributed by atoms with E-state index < -0.39 is 0 Å². The maximum absolute atomic E-state index is 6.59. The van der Waals surface area contributed by atoms with Crippen LogP contribution in [0, 0.1) is 6.92 Å². The van der Waals surface area contributed by atoms with E-state index in [1.165, 1.54) is 0 Å². The summed E-state index contributed by atoms with van der Waals surface area (Å²) in [6.07, 6.45) is 2.05. The molecule has 1 atom stereocenters. The molecule has 1 fully saturated rings. The molecule has 37 heavy (non-hydrogen) atoms. The van der Waals surface area contributed by atoms with Crippen LogP contribution >= 0.6 is 11.6 Å². The number of aromatic amines is 1. The molecule has 2 aromatic heterocycles. The highest BCUT2D eigenvalue weighted by Gasteiger charge is 2.19. The summed E-state index contributed by atoms with van der Waals surface area (Å²) in [5.41, 5.74) is 6.93. The highest BCUT2D eigenvalue weighted by Crippen LogP contribution is 2.34. The lowest BCUT2D eigenvalue weighted by Gasteiger charge is -2.32. The van der Waals surface area contributed by atoms with E-state index >= 15 is 0 Å². The summed E-state index contributed by atoms with van der Waals surface area (Å²) >= 11 is 6.59. The number of anilines is 3. The normalized spacial score (nSPS) is 15.8. The maximum atomic E-state index is 6.59. The van der Waals surface area contributed by atoms with Gasteiger partial charge in [-0.25, -0.2) is 9.97 Å². The van der Waals surface area contributed by atoms with Gasteiger partial charge in [0.05, 0.1) is 35.1 Å². The predicted octanol–water partition coefficient (Wildman–Crippen LogP) is 7.22. The molecule has 2 N–H and O–H groups in total. The van der Waals surface area contributed by atoms with E-state index in [-0.39, 0.29) is 6.10 Å². The Kier molecular flexibility index (Phi) is 6.28. The monoisotopic (exact) mass is 509 g/mol. The van der Waals surface area contributed by atoms with Crippen molar-refractivity contribution in [1.29, 1.82) is 0 Å². The van der Waals surface area contributed by atoms with Gasteiger partial charge in [0.15, 0.2) is 0 Å². The Labute approximate surface area is 221 Å². The molecule has 0 amide bonds. The van der Waals surface area contributed by atoms with E-state index in [2.05, 4.69) is 70.4 Å². The van der Waals surface area contributed by atoms with Crippen molar-refractivity contribution >= 4 is 39.7 Å². The Balaban J connectivity index is 1.31. The molecule has 3 heterocycles. The Morgan fingerprint density at radius 3 is 2.76 bits per heavy atom. The highest BCUT2D eigenvalue weighted by molar-refractivity contribution is 6.33. The molecule has 6 nitrogen and oxygen atoms in total. The summed E-state index contributed by atoms with van der Waals surface area (Å²) < 4.78 is 5.70. The van der Waals surface area contributed by atoms with E-state index in [1.807, 2.05) is 42.6 Å². The molecular weight excluding hydrogens is 482 g/mol. The second kappa shape index (κ2) is 9.88. The molecule has 1 unspecified atom stereocenters. The van der Waals surface area contributed by atoms with Crippen LogP contribution in [-0.4, -0.2) is 40.8 Å². The lowest BCUT2D eigenvalue weighted by Crippen LogP contribution is -2.41. The molecule has 0 radical (unpaired) electrons. The standard InChI is InChI=1S/C30H28ClN5O/c1-19-8-12-26(23-10-13-28(35-29(19)23)36-14-15-37-20(2)18-36)33-22-9-11-25(31)24(16-22)30-32-17-27(34-30)21-6-4-3-5-7-21/h3-13,16-17,20,33H,14-15,18H2,1-2H3,(H,32,34). The number of aryl methyl sites for hydroxylation is 1. The molecule has 1 aliphatic heterocycles. The quantitative estimate of drug-likeness (QED) is 0.262. The summed E-state index contributed by atoms with van der Waals surface area (Å²) in [6, 6.07) is 24.5. The van der Waals surface area contributed by atoms with Gasteiger partial charge in [-0.3, -0.25) is 0 Å². The second-order valence-corrected chi connectivity index (χ2v) is 9.86. The number of benzene rings is 3. The van der Waals surface area contributed by atoms with E-state index in [0.717, 1.165) is 76.0 Å². The van der Waals surface area contributed by atoms with Gasteiger partial charge in [0.2, 0.25) is 0 Å². The number of fused-ring (bicyclic) bond motifs is 1. The topological polar surface area (TPSA) is 66.1 Å². The molecule has 0 spiro atoms. The van der Waals surface area contributed by atoms with Gasteiger partial charge in [-0.15, -0.1) is 0 Å². The number of pyridine rings is 1. The zero-order chi connectivity index (χ0) is 25.4. The van der Waals surface area contributed by atoms with Crippen molar-refractivity contribution in [2.24, 2.45) is 0 Å². The number of nitrogens with zero attached hydrogens (tertiary/aromatic N) is 3. The molecule has 6 rings (SSSR count). The molecule has 186 valence electrons. The molecule has 3 aromatic carbocycles. The maximum Gasteiger partial charge on any atom is 0.139 e. The number of hydrogen-bond acceptors (Lipinski definition) is 5. The minimum atomic E-state index is 0.206. The smallest absolute Gasteiger partial charge is 0.139 e. The Bertz CT molecular complexity index is 1570. The van der Waals surface area contributed by atoms with Crippen molar-refractivity contribution in [3.8, 4) is 22.6 Å². The number of aromatic nitrogens is 3. The Morgan fingerprint density at radius 2 is 1.92 bits per heavy atom. The fourth-order valence-electron chi connectivity index (χ4n) is 4.82. The molecular formula is C30H28ClN5O. The van der Waals surface area contributed by atoms with Crippen molar-refractivity contribution in [3.05, 3.63) is 89.6 Å². The van der Waals surface area contributed by atoms with Gasteiger partial charge in [-0.2, -0.15) is 0 Å². The fourth-order valence-corrected chi connectivity index (χ4v) is 5.03. The van der Waals surface area contributed by atoms with Gasteiger partial charge in [0.1, 0.15) is 11.6 Å². The van der Waals surface area contributed by atoms with Crippen LogP contribution in [0.4, 0.5) is 17.2 Å². The third-order valence-electron chi connectivity index (χ3n) is 6.77. The molecule has 7 heteroatoms. The first kappa shape index (κ1) is 23.5. The largest absolute Gasteiger partial charge is 0.375 e. The van der Waals surface area contributed by atoms with Crippen molar-refractivity contribution in [3.63, 3.8) is 0 Å². The number of imidazole rings is 1. The van der Waals surface area contributed by atoms with Crippen LogP contribution in [0.25, 0.3) is 33.5 Å². The van der Waals surface area contributed by atoms with E-state index in [4.69, 9.17) is 21.3 Å². The zero-order valence-electron chi connectivity index (χ0n) is 20.8. The van der Waals surface area contributed by atoms with Crippen LogP contribution in [0.15, 0.2) is 79.0 Å². The third-order valence-corrected chi connectivity index (χ3v) is 7.10. The average molecular weight is 510 g/mol. The summed E-state index contributed by atoms with van der Waals surface area (Å²) in [6.45, 7) is 6.63. The molecule has 0 bridgehead atoms. The number of ether oxygens (including phenoxy) is 1. The van der Waals surface area contributed by atoms with Crippen LogP contribution in [0.3, 0.4) is 0 Å². The van der Waals surface area contributed by atoms with Crippen LogP contribution in [0.1, 0.15) is 12.5 Å². The van der Waals surface area contributed by atoms with E-state index in [0.29, 0.717) is 5.02 Å². The number of nitrogens with one attached hydrogen (secondary N) is 2. The molecule has 1 aliphatic rings. The summed E-state index contributed by atoms with van der Waals surface area (Å²) in [4.78, 5) is 15.3. The number of halogens is 1. The summed E-state index contributed by atoms with van der Waals surface area (Å²) in [5, 5.41) is 5.30. The van der Waals surface area contributed by atoms with Gasteiger partial charge in [0.25, 0.3) is 0 Å². The minimum Gasteiger partial charge on any atom is -0.375 e. The molecule has 0 aliphatic carbocycles. The zero-order valence-corrected chi connectivity index (χ0v) is 21.6. The number of rotatable bonds is 5. The second-order valence-electron chi connectivity index (χ2n) is 9.45. The summed E-state index contributed by atoms with van der Waals surface area (Å²) in [5.74, 6) is 1.72. The molecule has 0 saturated carbocycles. The van der Waals surface area contributed by atoms with Gasteiger partial charge in [0, 0.05) is 35.4 Å². The van der Waals surface area contributed by atoms with Crippen molar-refractivity contribution in [1.82, 2.24) is 15.0 Å². The molecule has 1 saturated heterocycles. The number of hydrogen-bond donors (Lipinski definition) is 2. The fraction of sp³-hybridized carbons (Fsp3) is 0.200. The average Bonchev–Trinajstić information content (AvgIpc) is 3.42. The molecule has 5 aromatic rings. The van der Waals surface area contributed by atoms with Crippen molar-refractivity contribution < 1.29 is 4.74 Å². The van der Waals surface area contributed by atoms with Crippen LogP contribution in [-0.2, 0) is 4.74 Å². The minimum absolute atomic E-state index is 0.206. The Morgan fingerprint density at radius 1 is 1.05 bits per heavy atom. The highest BCUT2D eigenvalue weighted by atomic mass is 35.5. The van der Waals surface area contributed by atoms with Crippen LogP contribution in [0.5, 0.6) is 0 Å². The Hall–Kier alpha value is -3.87. The lowest BCUT2D eigenvalue weighted by atomic mass is 10.1. The predicted molar refractivity (Wildman–Crippen MR) is 152 cm³/mol. The number of morpholine rings is 1. The van der Waals surface area contributed by atoms with Gasteiger partial charge in [-0.1, -0.05) is 48.0 Å². The van der Waals surface area contributed by atoms with E-state index in [9.17, 15) is 0 Å².